The van der Waals surface area contributed by atoms with Crippen molar-refractivity contribution >= 4 is 11.7 Å². The number of hydrogen-bond donors (Lipinski definition) is 2. The zero-order chi connectivity index (χ0) is 18.9. The molecule has 1 fully saturated rings. The van der Waals surface area contributed by atoms with Crippen molar-refractivity contribution < 1.29 is 9.53 Å². The fraction of sp³-hybridized carbons (Fsp3) is 0.476. The molecule has 1 aromatic carbocycles. The number of carbonyl (C=O) groups is 1. The molecule has 1 heterocycles. The summed E-state index contributed by atoms with van der Waals surface area (Å²) in [5, 5.41) is 6.39. The Morgan fingerprint density at radius 2 is 1.96 bits per heavy atom. The van der Waals surface area contributed by atoms with Crippen molar-refractivity contribution in [2.45, 2.75) is 51.0 Å². The van der Waals surface area contributed by atoms with Crippen molar-refractivity contribution in [3.05, 3.63) is 47.9 Å². The fourth-order valence-corrected chi connectivity index (χ4v) is 3.42. The molecule has 0 unspecified atom stereocenters. The largest absolute Gasteiger partial charge is 0.497 e. The predicted octanol–water partition coefficient (Wildman–Crippen LogP) is 3.59. The van der Waals surface area contributed by atoms with Crippen LogP contribution in [0.5, 0.6) is 5.75 Å². The second kappa shape index (κ2) is 9.90. The molecule has 0 bridgehead atoms. The minimum atomic E-state index is -0.111. The number of anilines is 1. The molecule has 27 heavy (non-hydrogen) atoms. The number of rotatable bonds is 7. The van der Waals surface area contributed by atoms with Gasteiger partial charge in [-0.2, -0.15) is 0 Å². The van der Waals surface area contributed by atoms with Gasteiger partial charge in [-0.3, -0.25) is 4.79 Å². The van der Waals surface area contributed by atoms with Crippen molar-refractivity contribution in [1.82, 2.24) is 15.3 Å². The van der Waals surface area contributed by atoms with E-state index < -0.39 is 0 Å². The van der Waals surface area contributed by atoms with Gasteiger partial charge in [-0.05, 0) is 37.0 Å². The van der Waals surface area contributed by atoms with Gasteiger partial charge in [-0.1, -0.05) is 37.8 Å². The zero-order valence-electron chi connectivity index (χ0n) is 15.9. The highest BCUT2D eigenvalue weighted by Crippen LogP contribution is 2.18. The average Bonchev–Trinajstić information content (AvgIpc) is 2.97. The molecular weight excluding hydrogens is 340 g/mol. The van der Waals surface area contributed by atoms with Gasteiger partial charge in [0.15, 0.2) is 0 Å². The maximum atomic E-state index is 12.5. The number of nitrogens with one attached hydrogen (secondary N) is 2. The summed E-state index contributed by atoms with van der Waals surface area (Å²) in [5.41, 5.74) is 1.60. The Hall–Kier alpha value is -2.63. The van der Waals surface area contributed by atoms with Gasteiger partial charge < -0.3 is 15.4 Å². The summed E-state index contributed by atoms with van der Waals surface area (Å²) in [4.78, 5) is 20.9. The van der Waals surface area contributed by atoms with E-state index in [4.69, 9.17) is 4.74 Å². The molecule has 2 N–H and O–H groups in total. The van der Waals surface area contributed by atoms with E-state index in [2.05, 4.69) is 26.7 Å². The summed E-state index contributed by atoms with van der Waals surface area (Å²) in [6.07, 6.45) is 9.30. The number of aromatic nitrogens is 2. The van der Waals surface area contributed by atoms with Crippen LogP contribution in [0.25, 0.3) is 0 Å². The van der Waals surface area contributed by atoms with Crippen LogP contribution in [0.4, 0.5) is 5.82 Å². The maximum absolute atomic E-state index is 12.5. The van der Waals surface area contributed by atoms with Gasteiger partial charge in [-0.25, -0.2) is 9.97 Å². The standard InChI is InChI=1S/C21H28N4O2/c1-27-18-10-6-7-16(13-18)11-12-22-20-14-19(23-15-24-20)21(26)25-17-8-4-2-3-5-9-17/h6-7,10,13-15,17H,2-5,8-9,11-12H2,1H3,(H,25,26)(H,22,23,24). The molecule has 0 radical (unpaired) electrons. The molecule has 1 amide bonds. The first-order valence-electron chi connectivity index (χ1n) is 9.74. The van der Waals surface area contributed by atoms with Gasteiger partial charge >= 0.3 is 0 Å². The normalized spacial score (nSPS) is 15.0. The second-order valence-electron chi connectivity index (χ2n) is 6.98. The number of benzene rings is 1. The minimum absolute atomic E-state index is 0.111. The van der Waals surface area contributed by atoms with Gasteiger partial charge in [0.1, 0.15) is 23.6 Å². The van der Waals surface area contributed by atoms with Crippen molar-refractivity contribution in [2.24, 2.45) is 0 Å². The molecule has 6 nitrogen and oxygen atoms in total. The first-order chi connectivity index (χ1) is 13.2. The number of methoxy groups -OCH3 is 1. The topological polar surface area (TPSA) is 76.1 Å². The Bertz CT molecular complexity index is 742. The summed E-state index contributed by atoms with van der Waals surface area (Å²) in [7, 11) is 1.67. The third-order valence-electron chi connectivity index (χ3n) is 4.94. The van der Waals surface area contributed by atoms with Crippen LogP contribution in [0, 0.1) is 0 Å². The van der Waals surface area contributed by atoms with Crippen LogP contribution >= 0.6 is 0 Å². The van der Waals surface area contributed by atoms with E-state index in [1.54, 1.807) is 13.2 Å². The monoisotopic (exact) mass is 368 g/mol. The summed E-state index contributed by atoms with van der Waals surface area (Å²) < 4.78 is 5.25. The van der Waals surface area contributed by atoms with Crippen molar-refractivity contribution in [3.63, 3.8) is 0 Å². The molecule has 2 aromatic rings. The third kappa shape index (κ3) is 5.94. The van der Waals surface area contributed by atoms with Gasteiger partial charge in [0.25, 0.3) is 5.91 Å². The number of amides is 1. The van der Waals surface area contributed by atoms with Crippen LogP contribution < -0.4 is 15.4 Å². The smallest absolute Gasteiger partial charge is 0.270 e. The molecule has 0 saturated heterocycles. The predicted molar refractivity (Wildman–Crippen MR) is 106 cm³/mol. The van der Waals surface area contributed by atoms with E-state index >= 15 is 0 Å². The number of carbonyl (C=O) groups excluding carboxylic acids is 1. The summed E-state index contributed by atoms with van der Waals surface area (Å²) in [5.74, 6) is 1.41. The summed E-state index contributed by atoms with van der Waals surface area (Å²) in [6, 6.07) is 9.98. The van der Waals surface area contributed by atoms with Crippen molar-refractivity contribution in [2.75, 3.05) is 19.0 Å². The number of hydrogen-bond acceptors (Lipinski definition) is 5. The highest BCUT2D eigenvalue weighted by molar-refractivity contribution is 5.93. The van der Waals surface area contributed by atoms with Crippen molar-refractivity contribution in [3.8, 4) is 5.75 Å². The Balaban J connectivity index is 1.52. The molecule has 3 rings (SSSR count). The van der Waals surface area contributed by atoms with Gasteiger partial charge in [-0.15, -0.1) is 0 Å². The number of nitrogens with zero attached hydrogens (tertiary/aromatic N) is 2. The molecule has 1 aromatic heterocycles. The van der Waals surface area contributed by atoms with E-state index in [-0.39, 0.29) is 11.9 Å². The van der Waals surface area contributed by atoms with Crippen LogP contribution in [-0.2, 0) is 6.42 Å². The lowest BCUT2D eigenvalue weighted by molar-refractivity contribution is 0.0928. The molecule has 0 aliphatic heterocycles. The van der Waals surface area contributed by atoms with Gasteiger partial charge in [0, 0.05) is 18.7 Å². The molecule has 1 saturated carbocycles. The lowest BCUT2D eigenvalue weighted by atomic mass is 10.1. The van der Waals surface area contributed by atoms with Crippen molar-refractivity contribution in [1.29, 1.82) is 0 Å². The molecule has 6 heteroatoms. The Morgan fingerprint density at radius 1 is 1.15 bits per heavy atom. The molecular formula is C21H28N4O2. The Labute approximate surface area is 160 Å². The van der Waals surface area contributed by atoms with E-state index in [0.717, 1.165) is 25.0 Å². The molecule has 1 aliphatic rings. The fourth-order valence-electron chi connectivity index (χ4n) is 3.42. The second-order valence-corrected chi connectivity index (χ2v) is 6.98. The third-order valence-corrected chi connectivity index (χ3v) is 4.94. The summed E-state index contributed by atoms with van der Waals surface area (Å²) in [6.45, 7) is 0.716. The zero-order valence-corrected chi connectivity index (χ0v) is 15.9. The van der Waals surface area contributed by atoms with E-state index in [0.29, 0.717) is 18.1 Å². The van der Waals surface area contributed by atoms with E-state index in [9.17, 15) is 4.79 Å². The lowest BCUT2D eigenvalue weighted by Gasteiger charge is -2.16. The van der Waals surface area contributed by atoms with E-state index in [1.807, 2.05) is 18.2 Å². The van der Waals surface area contributed by atoms with Crippen LogP contribution in [0.15, 0.2) is 36.7 Å². The maximum Gasteiger partial charge on any atom is 0.270 e. The SMILES string of the molecule is COc1cccc(CCNc2cc(C(=O)NC3CCCCCC3)ncn2)c1. The van der Waals surface area contributed by atoms with Crippen LogP contribution in [-0.4, -0.2) is 35.6 Å². The van der Waals surface area contributed by atoms with Crippen LogP contribution in [0.1, 0.15) is 54.6 Å². The number of ether oxygens (including phenoxy) is 1. The van der Waals surface area contributed by atoms with Gasteiger partial charge in [0.05, 0.1) is 7.11 Å². The first kappa shape index (κ1) is 19.1. The van der Waals surface area contributed by atoms with Crippen LogP contribution in [0.3, 0.4) is 0 Å². The average molecular weight is 368 g/mol. The molecule has 0 spiro atoms. The molecule has 144 valence electrons. The summed E-state index contributed by atoms with van der Waals surface area (Å²) >= 11 is 0. The van der Waals surface area contributed by atoms with Gasteiger partial charge in [0.2, 0.25) is 0 Å². The van der Waals surface area contributed by atoms with E-state index in [1.165, 1.54) is 37.6 Å². The first-order valence-corrected chi connectivity index (χ1v) is 9.74. The highest BCUT2D eigenvalue weighted by atomic mass is 16.5. The highest BCUT2D eigenvalue weighted by Gasteiger charge is 2.17. The van der Waals surface area contributed by atoms with Crippen LogP contribution in [0.2, 0.25) is 0 Å². The lowest BCUT2D eigenvalue weighted by Crippen LogP contribution is -2.35. The Morgan fingerprint density at radius 3 is 2.74 bits per heavy atom. The Kier molecular flexibility index (Phi) is 7.02. The minimum Gasteiger partial charge on any atom is -0.497 e. The molecule has 0 atom stereocenters. The quantitative estimate of drug-likeness (QED) is 0.731. The molecule has 1 aliphatic carbocycles.